The lowest BCUT2D eigenvalue weighted by Crippen LogP contribution is -2.28. The van der Waals surface area contributed by atoms with Gasteiger partial charge < -0.3 is 10.6 Å². The van der Waals surface area contributed by atoms with Gasteiger partial charge in [0.15, 0.2) is 0 Å². The van der Waals surface area contributed by atoms with E-state index in [0.717, 1.165) is 15.7 Å². The second-order valence-corrected chi connectivity index (χ2v) is 4.77. The Bertz CT molecular complexity index is 379. The van der Waals surface area contributed by atoms with E-state index < -0.39 is 0 Å². The minimum Gasteiger partial charge on any atom is -0.326 e. The summed E-state index contributed by atoms with van der Waals surface area (Å²) < 4.78 is 1.05. The fourth-order valence-corrected chi connectivity index (χ4v) is 1.63. The maximum atomic E-state index is 11.7. The highest BCUT2D eigenvalue weighted by atomic mass is 79.9. The van der Waals surface area contributed by atoms with Crippen molar-refractivity contribution in [1.82, 2.24) is 5.32 Å². The number of benzene rings is 1. The molecule has 1 rings (SSSR count). The first-order valence-electron chi connectivity index (χ1n) is 5.26. The van der Waals surface area contributed by atoms with Crippen LogP contribution < -0.4 is 10.6 Å². The number of carbonyl (C=O) groups excluding carboxylic acids is 1. The van der Waals surface area contributed by atoms with E-state index in [0.29, 0.717) is 6.54 Å². The molecule has 88 valence electrons. The fourth-order valence-electron chi connectivity index (χ4n) is 1.39. The summed E-state index contributed by atoms with van der Waals surface area (Å²) in [5, 5.41) is 5.88. The zero-order valence-corrected chi connectivity index (χ0v) is 11.4. The normalized spacial score (nSPS) is 12.2. The molecule has 0 fully saturated rings. The van der Waals surface area contributed by atoms with Crippen LogP contribution in [0.2, 0.25) is 0 Å². The van der Waals surface area contributed by atoms with Crippen LogP contribution >= 0.6 is 15.9 Å². The summed E-state index contributed by atoms with van der Waals surface area (Å²) in [6, 6.07) is 5.78. The van der Waals surface area contributed by atoms with E-state index in [4.69, 9.17) is 0 Å². The third kappa shape index (κ3) is 3.61. The van der Waals surface area contributed by atoms with E-state index in [1.165, 1.54) is 0 Å². The summed E-state index contributed by atoms with van der Waals surface area (Å²) >= 11 is 3.43. The van der Waals surface area contributed by atoms with Gasteiger partial charge in [0.1, 0.15) is 0 Å². The van der Waals surface area contributed by atoms with Crippen LogP contribution in [-0.4, -0.2) is 19.5 Å². The Morgan fingerprint density at radius 2 is 2.19 bits per heavy atom. The molecule has 0 aromatic heterocycles. The van der Waals surface area contributed by atoms with Gasteiger partial charge in [-0.2, -0.15) is 0 Å². The Morgan fingerprint density at radius 1 is 1.50 bits per heavy atom. The molecule has 0 spiro atoms. The Labute approximate surface area is 105 Å². The van der Waals surface area contributed by atoms with Crippen LogP contribution in [0, 0.1) is 12.8 Å². The zero-order valence-electron chi connectivity index (χ0n) is 9.80. The SMILES string of the molecule is CNCC(C)C(=O)Nc1ccc(Br)c(C)c1. The van der Waals surface area contributed by atoms with E-state index in [9.17, 15) is 4.79 Å². The van der Waals surface area contributed by atoms with Crippen molar-refractivity contribution in [2.45, 2.75) is 13.8 Å². The zero-order chi connectivity index (χ0) is 12.1. The quantitative estimate of drug-likeness (QED) is 0.892. The lowest BCUT2D eigenvalue weighted by molar-refractivity contribution is -0.119. The molecule has 0 radical (unpaired) electrons. The first-order valence-corrected chi connectivity index (χ1v) is 6.05. The van der Waals surface area contributed by atoms with Gasteiger partial charge in [-0.15, -0.1) is 0 Å². The minimum absolute atomic E-state index is 0.0334. The Morgan fingerprint density at radius 3 is 2.75 bits per heavy atom. The highest BCUT2D eigenvalue weighted by Crippen LogP contribution is 2.20. The number of halogens is 1. The van der Waals surface area contributed by atoms with Crippen molar-refractivity contribution in [2.75, 3.05) is 18.9 Å². The van der Waals surface area contributed by atoms with Crippen LogP contribution in [0.1, 0.15) is 12.5 Å². The van der Waals surface area contributed by atoms with Crippen molar-refractivity contribution in [3.05, 3.63) is 28.2 Å². The van der Waals surface area contributed by atoms with Crippen molar-refractivity contribution in [2.24, 2.45) is 5.92 Å². The van der Waals surface area contributed by atoms with E-state index in [-0.39, 0.29) is 11.8 Å². The van der Waals surface area contributed by atoms with Crippen molar-refractivity contribution < 1.29 is 4.79 Å². The first-order chi connectivity index (χ1) is 7.54. The van der Waals surface area contributed by atoms with Crippen LogP contribution in [-0.2, 0) is 4.79 Å². The first kappa shape index (κ1) is 13.2. The molecule has 1 atom stereocenters. The third-order valence-electron chi connectivity index (χ3n) is 2.38. The van der Waals surface area contributed by atoms with Gasteiger partial charge in [-0.25, -0.2) is 0 Å². The molecule has 2 N–H and O–H groups in total. The number of nitrogens with one attached hydrogen (secondary N) is 2. The van der Waals surface area contributed by atoms with Crippen LogP contribution in [0.15, 0.2) is 22.7 Å². The summed E-state index contributed by atoms with van der Waals surface area (Å²) in [6.45, 7) is 4.58. The van der Waals surface area contributed by atoms with Crippen LogP contribution in [0.4, 0.5) is 5.69 Å². The second-order valence-electron chi connectivity index (χ2n) is 3.91. The van der Waals surface area contributed by atoms with E-state index >= 15 is 0 Å². The topological polar surface area (TPSA) is 41.1 Å². The van der Waals surface area contributed by atoms with Gasteiger partial charge in [0, 0.05) is 22.6 Å². The summed E-state index contributed by atoms with van der Waals surface area (Å²) in [7, 11) is 1.84. The molecule has 16 heavy (non-hydrogen) atoms. The van der Waals surface area contributed by atoms with Crippen LogP contribution in [0.3, 0.4) is 0 Å². The Kier molecular flexibility index (Phi) is 4.96. The van der Waals surface area contributed by atoms with Gasteiger partial charge in [0.2, 0.25) is 5.91 Å². The molecule has 1 unspecified atom stereocenters. The molecule has 1 amide bonds. The van der Waals surface area contributed by atoms with Crippen molar-refractivity contribution in [3.63, 3.8) is 0 Å². The summed E-state index contributed by atoms with van der Waals surface area (Å²) in [4.78, 5) is 11.7. The molecule has 0 aliphatic heterocycles. The number of aryl methyl sites for hydroxylation is 1. The molecule has 3 nitrogen and oxygen atoms in total. The number of hydrogen-bond donors (Lipinski definition) is 2. The van der Waals surface area contributed by atoms with Crippen LogP contribution in [0.5, 0.6) is 0 Å². The summed E-state index contributed by atoms with van der Waals surface area (Å²) in [5.41, 5.74) is 1.95. The average Bonchev–Trinajstić information content (AvgIpc) is 2.24. The molecule has 0 saturated heterocycles. The van der Waals surface area contributed by atoms with Gasteiger partial charge in [-0.1, -0.05) is 22.9 Å². The summed E-state index contributed by atoms with van der Waals surface area (Å²) in [6.07, 6.45) is 0. The van der Waals surface area contributed by atoms with E-state index in [2.05, 4.69) is 26.6 Å². The second kappa shape index (κ2) is 6.01. The van der Waals surface area contributed by atoms with Gasteiger partial charge >= 0.3 is 0 Å². The molecule has 0 saturated carbocycles. The Hall–Kier alpha value is -0.870. The number of anilines is 1. The van der Waals surface area contributed by atoms with Crippen molar-refractivity contribution in [3.8, 4) is 0 Å². The molecule has 0 aliphatic carbocycles. The molecular formula is C12H17BrN2O. The average molecular weight is 285 g/mol. The predicted octanol–water partition coefficient (Wildman–Crippen LogP) is 2.55. The number of carbonyl (C=O) groups is 1. The summed E-state index contributed by atoms with van der Waals surface area (Å²) in [5.74, 6) is 0.00465. The molecule has 1 aromatic carbocycles. The van der Waals surface area contributed by atoms with Crippen molar-refractivity contribution in [1.29, 1.82) is 0 Å². The monoisotopic (exact) mass is 284 g/mol. The van der Waals surface area contributed by atoms with E-state index in [1.54, 1.807) is 0 Å². The number of hydrogen-bond acceptors (Lipinski definition) is 2. The smallest absolute Gasteiger partial charge is 0.228 e. The van der Waals surface area contributed by atoms with Gasteiger partial charge in [0.25, 0.3) is 0 Å². The van der Waals surface area contributed by atoms with E-state index in [1.807, 2.05) is 39.1 Å². The highest BCUT2D eigenvalue weighted by molar-refractivity contribution is 9.10. The highest BCUT2D eigenvalue weighted by Gasteiger charge is 2.11. The Balaban J connectivity index is 2.66. The molecule has 1 aromatic rings. The van der Waals surface area contributed by atoms with Gasteiger partial charge in [-0.05, 0) is 37.7 Å². The molecule has 0 aliphatic rings. The predicted molar refractivity (Wildman–Crippen MR) is 70.6 cm³/mol. The maximum Gasteiger partial charge on any atom is 0.228 e. The molecular weight excluding hydrogens is 268 g/mol. The minimum atomic E-state index is -0.0334. The van der Waals surface area contributed by atoms with Crippen LogP contribution in [0.25, 0.3) is 0 Å². The number of rotatable bonds is 4. The van der Waals surface area contributed by atoms with Gasteiger partial charge in [-0.3, -0.25) is 4.79 Å². The van der Waals surface area contributed by atoms with Gasteiger partial charge in [0.05, 0.1) is 0 Å². The lowest BCUT2D eigenvalue weighted by Gasteiger charge is -2.12. The van der Waals surface area contributed by atoms with Crippen molar-refractivity contribution >= 4 is 27.5 Å². The third-order valence-corrected chi connectivity index (χ3v) is 3.27. The molecule has 0 heterocycles. The molecule has 4 heteroatoms. The largest absolute Gasteiger partial charge is 0.326 e. The lowest BCUT2D eigenvalue weighted by atomic mass is 10.1. The number of amides is 1. The molecule has 0 bridgehead atoms. The fraction of sp³-hybridized carbons (Fsp3) is 0.417. The standard InChI is InChI=1S/C12H17BrN2O/c1-8-6-10(4-5-11(8)13)15-12(16)9(2)7-14-3/h4-6,9,14H,7H2,1-3H3,(H,15,16). The maximum absolute atomic E-state index is 11.7.